The summed E-state index contributed by atoms with van der Waals surface area (Å²) < 4.78 is 0. The van der Waals surface area contributed by atoms with E-state index in [2.05, 4.69) is 40.2 Å². The minimum absolute atomic E-state index is 0.110. The highest BCUT2D eigenvalue weighted by molar-refractivity contribution is 5.78. The third-order valence-corrected chi connectivity index (χ3v) is 4.98. The number of amides is 1. The van der Waals surface area contributed by atoms with Crippen LogP contribution in [0.3, 0.4) is 0 Å². The van der Waals surface area contributed by atoms with Gasteiger partial charge in [0.15, 0.2) is 0 Å². The van der Waals surface area contributed by atoms with Crippen LogP contribution in [0, 0.1) is 0 Å². The van der Waals surface area contributed by atoms with Crippen LogP contribution in [0.15, 0.2) is 48.5 Å². The van der Waals surface area contributed by atoms with E-state index in [-0.39, 0.29) is 5.91 Å². The maximum Gasteiger partial charge on any atom is 0.234 e. The molecule has 0 spiro atoms. The van der Waals surface area contributed by atoms with Crippen LogP contribution >= 0.6 is 0 Å². The Hall–Kier alpha value is -2.37. The number of carbonyl (C=O) groups is 1. The second-order valence-corrected chi connectivity index (χ2v) is 7.11. The lowest BCUT2D eigenvalue weighted by Crippen LogP contribution is -2.49. The van der Waals surface area contributed by atoms with E-state index in [0.717, 1.165) is 62.4 Å². The molecule has 1 fully saturated rings. The van der Waals surface area contributed by atoms with E-state index in [1.54, 1.807) is 6.07 Å². The van der Waals surface area contributed by atoms with Crippen molar-refractivity contribution in [2.24, 2.45) is 0 Å². The first-order valence-corrected chi connectivity index (χ1v) is 9.74. The molecule has 2 aromatic rings. The molecule has 0 aromatic heterocycles. The van der Waals surface area contributed by atoms with Crippen molar-refractivity contribution in [2.45, 2.75) is 19.9 Å². The van der Waals surface area contributed by atoms with Crippen molar-refractivity contribution in [1.29, 1.82) is 0 Å². The summed E-state index contributed by atoms with van der Waals surface area (Å²) in [6.07, 6.45) is 0.963. The number of aromatic hydroxyl groups is 1. The molecule has 5 nitrogen and oxygen atoms in total. The lowest BCUT2D eigenvalue weighted by Gasteiger charge is -2.34. The maximum atomic E-state index is 11.9. The second kappa shape index (κ2) is 9.53. The van der Waals surface area contributed by atoms with Crippen molar-refractivity contribution >= 4 is 5.91 Å². The number of phenols is 1. The van der Waals surface area contributed by atoms with Crippen LogP contribution in [0.5, 0.6) is 5.75 Å². The highest BCUT2D eigenvalue weighted by Crippen LogP contribution is 2.27. The summed E-state index contributed by atoms with van der Waals surface area (Å²) in [6.45, 7) is 7.55. The Kier molecular flexibility index (Phi) is 6.85. The molecule has 144 valence electrons. The maximum absolute atomic E-state index is 11.9. The molecule has 0 atom stereocenters. The van der Waals surface area contributed by atoms with Gasteiger partial charge in [0, 0.05) is 44.8 Å². The molecule has 5 heteroatoms. The highest BCUT2D eigenvalue weighted by atomic mass is 16.3. The van der Waals surface area contributed by atoms with Gasteiger partial charge >= 0.3 is 0 Å². The number of piperazine rings is 1. The number of benzene rings is 2. The number of hydrogen-bond donors (Lipinski definition) is 2. The zero-order chi connectivity index (χ0) is 19.1. The van der Waals surface area contributed by atoms with Gasteiger partial charge < -0.3 is 10.4 Å². The fraction of sp³-hybridized carbons (Fsp3) is 0.409. The van der Waals surface area contributed by atoms with Gasteiger partial charge in [0.1, 0.15) is 5.75 Å². The van der Waals surface area contributed by atoms with Crippen molar-refractivity contribution in [3.63, 3.8) is 0 Å². The normalized spacial score (nSPS) is 15.6. The lowest BCUT2D eigenvalue weighted by atomic mass is 10.0. The Morgan fingerprint density at radius 2 is 1.70 bits per heavy atom. The molecular formula is C22H29N3O2. The summed E-state index contributed by atoms with van der Waals surface area (Å²) in [5.74, 6) is 0.453. The van der Waals surface area contributed by atoms with E-state index in [0.29, 0.717) is 12.3 Å². The third kappa shape index (κ3) is 5.55. The average molecular weight is 367 g/mol. The van der Waals surface area contributed by atoms with E-state index >= 15 is 0 Å². The number of nitrogens with one attached hydrogen (secondary N) is 1. The first kappa shape index (κ1) is 19.4. The summed E-state index contributed by atoms with van der Waals surface area (Å²) in [5.41, 5.74) is 3.22. The summed E-state index contributed by atoms with van der Waals surface area (Å²) in [5, 5.41) is 13.2. The molecule has 1 heterocycles. The molecule has 0 radical (unpaired) electrons. The molecule has 1 aliphatic heterocycles. The predicted octanol–water partition coefficient (Wildman–Crippen LogP) is 2.70. The van der Waals surface area contributed by atoms with Gasteiger partial charge in [0.2, 0.25) is 5.91 Å². The number of phenolic OH excluding ortho intramolecular Hbond substituents is 1. The monoisotopic (exact) mass is 367 g/mol. The Morgan fingerprint density at radius 1 is 1.00 bits per heavy atom. The number of carbonyl (C=O) groups excluding carboxylic acids is 1. The van der Waals surface area contributed by atoms with Crippen molar-refractivity contribution in [3.8, 4) is 16.9 Å². The van der Waals surface area contributed by atoms with Crippen molar-refractivity contribution in [1.82, 2.24) is 15.1 Å². The van der Waals surface area contributed by atoms with Gasteiger partial charge in [-0.1, -0.05) is 43.3 Å². The van der Waals surface area contributed by atoms with E-state index in [9.17, 15) is 9.90 Å². The van der Waals surface area contributed by atoms with Gasteiger partial charge in [0.05, 0.1) is 6.54 Å². The lowest BCUT2D eigenvalue weighted by molar-refractivity contribution is -0.122. The first-order valence-electron chi connectivity index (χ1n) is 9.74. The van der Waals surface area contributed by atoms with E-state index in [1.807, 2.05) is 24.3 Å². The summed E-state index contributed by atoms with van der Waals surface area (Å²) in [4.78, 5) is 16.4. The van der Waals surface area contributed by atoms with Crippen LogP contribution in [-0.4, -0.2) is 60.1 Å². The zero-order valence-corrected chi connectivity index (χ0v) is 16.0. The molecule has 2 N–H and O–H groups in total. The first-order chi connectivity index (χ1) is 13.2. The van der Waals surface area contributed by atoms with Crippen molar-refractivity contribution in [3.05, 3.63) is 54.1 Å². The summed E-state index contributed by atoms with van der Waals surface area (Å²) in [7, 11) is 0. The molecule has 0 aliphatic carbocycles. The molecule has 1 amide bonds. The number of rotatable bonds is 7. The number of nitrogens with zero attached hydrogens (tertiary/aromatic N) is 2. The predicted molar refractivity (Wildman–Crippen MR) is 109 cm³/mol. The van der Waals surface area contributed by atoms with Crippen LogP contribution in [0.1, 0.15) is 18.9 Å². The van der Waals surface area contributed by atoms with Crippen LogP contribution < -0.4 is 5.32 Å². The van der Waals surface area contributed by atoms with Gasteiger partial charge in [-0.05, 0) is 29.7 Å². The standard InChI is InChI=1S/C22H29N3O2/c1-2-10-23-22(27)17-25-13-11-24(12-14-25)16-20-15-19(8-9-21(20)26)18-6-4-3-5-7-18/h3-9,15,26H,2,10-14,16-17H2,1H3,(H,23,27). The zero-order valence-electron chi connectivity index (χ0n) is 16.0. The Labute approximate surface area is 161 Å². The van der Waals surface area contributed by atoms with Gasteiger partial charge in [-0.15, -0.1) is 0 Å². The van der Waals surface area contributed by atoms with Crippen molar-refractivity contribution in [2.75, 3.05) is 39.3 Å². The molecular weight excluding hydrogens is 338 g/mol. The van der Waals surface area contributed by atoms with Gasteiger partial charge in [0.25, 0.3) is 0 Å². The Morgan fingerprint density at radius 3 is 2.41 bits per heavy atom. The van der Waals surface area contributed by atoms with E-state index in [1.165, 1.54) is 0 Å². The molecule has 3 rings (SSSR count). The fourth-order valence-electron chi connectivity index (χ4n) is 3.39. The van der Waals surface area contributed by atoms with Crippen molar-refractivity contribution < 1.29 is 9.90 Å². The van der Waals surface area contributed by atoms with Crippen LogP contribution in [-0.2, 0) is 11.3 Å². The van der Waals surface area contributed by atoms with Gasteiger partial charge in [-0.2, -0.15) is 0 Å². The quantitative estimate of drug-likeness (QED) is 0.790. The minimum atomic E-state index is 0.110. The van der Waals surface area contributed by atoms with Crippen LogP contribution in [0.4, 0.5) is 0 Å². The minimum Gasteiger partial charge on any atom is -0.508 e. The molecule has 1 aliphatic rings. The van der Waals surface area contributed by atoms with Crippen LogP contribution in [0.2, 0.25) is 0 Å². The van der Waals surface area contributed by atoms with Gasteiger partial charge in [-0.3, -0.25) is 14.6 Å². The second-order valence-electron chi connectivity index (χ2n) is 7.11. The smallest absolute Gasteiger partial charge is 0.234 e. The average Bonchev–Trinajstić information content (AvgIpc) is 2.70. The summed E-state index contributed by atoms with van der Waals surface area (Å²) >= 11 is 0. The molecule has 0 unspecified atom stereocenters. The molecule has 27 heavy (non-hydrogen) atoms. The van der Waals surface area contributed by atoms with Crippen LogP contribution in [0.25, 0.3) is 11.1 Å². The van der Waals surface area contributed by atoms with E-state index < -0.39 is 0 Å². The molecule has 0 bridgehead atoms. The SMILES string of the molecule is CCCNC(=O)CN1CCN(Cc2cc(-c3ccccc3)ccc2O)CC1. The largest absolute Gasteiger partial charge is 0.508 e. The fourth-order valence-corrected chi connectivity index (χ4v) is 3.39. The topological polar surface area (TPSA) is 55.8 Å². The third-order valence-electron chi connectivity index (χ3n) is 4.98. The highest BCUT2D eigenvalue weighted by Gasteiger charge is 2.19. The number of hydrogen-bond acceptors (Lipinski definition) is 4. The van der Waals surface area contributed by atoms with E-state index in [4.69, 9.17) is 0 Å². The molecule has 0 saturated carbocycles. The van der Waals surface area contributed by atoms with Gasteiger partial charge in [-0.25, -0.2) is 0 Å². The molecule has 2 aromatic carbocycles. The molecule has 1 saturated heterocycles. The Balaban J connectivity index is 1.55. The summed E-state index contributed by atoms with van der Waals surface area (Å²) in [6, 6.07) is 16.0. The Bertz CT molecular complexity index is 740.